The Labute approximate surface area is 177 Å². The molecule has 1 N–H and O–H groups in total. The molecule has 0 aromatic carbocycles. The van der Waals surface area contributed by atoms with Gasteiger partial charge in [-0.2, -0.15) is 5.26 Å². The van der Waals surface area contributed by atoms with Crippen LogP contribution in [-0.4, -0.2) is 62.5 Å². The third-order valence-corrected chi connectivity index (χ3v) is 8.59. The second kappa shape index (κ2) is 9.56. The summed E-state index contributed by atoms with van der Waals surface area (Å²) in [6, 6.07) is 2.34. The van der Waals surface area contributed by atoms with Crippen molar-refractivity contribution >= 4 is 32.3 Å². The highest BCUT2D eigenvalue weighted by Crippen LogP contribution is 2.37. The van der Waals surface area contributed by atoms with E-state index in [4.69, 9.17) is 0 Å². The average Bonchev–Trinajstić information content (AvgIpc) is 2.84. The number of fused-ring (bicyclic) bond motifs is 1. The van der Waals surface area contributed by atoms with Gasteiger partial charge in [0.1, 0.15) is 11.1 Å². The number of likely N-dealkylation sites (tertiary alicyclic amines) is 1. The van der Waals surface area contributed by atoms with Gasteiger partial charge in [-0.05, 0) is 57.2 Å². The van der Waals surface area contributed by atoms with E-state index < -0.39 is 10.0 Å². The van der Waals surface area contributed by atoms with Gasteiger partial charge in [0, 0.05) is 30.9 Å². The van der Waals surface area contributed by atoms with Crippen LogP contribution in [0.15, 0.2) is 0 Å². The first-order valence-corrected chi connectivity index (χ1v) is 13.0. The number of nitriles is 1. The van der Waals surface area contributed by atoms with Gasteiger partial charge in [-0.25, -0.2) is 12.7 Å². The number of aryl methyl sites for hydroxylation is 1. The Kier molecular flexibility index (Phi) is 7.32. The minimum absolute atomic E-state index is 0.0368. The van der Waals surface area contributed by atoms with Gasteiger partial charge in [0.2, 0.25) is 15.9 Å². The fourth-order valence-electron chi connectivity index (χ4n) is 4.18. The number of nitrogens with zero attached hydrogens (tertiary/aromatic N) is 3. The van der Waals surface area contributed by atoms with E-state index in [1.807, 2.05) is 0 Å². The predicted octanol–water partition coefficient (Wildman–Crippen LogP) is 2.57. The number of thiophene rings is 1. The first-order chi connectivity index (χ1) is 13.8. The maximum Gasteiger partial charge on any atom is 0.226 e. The summed E-state index contributed by atoms with van der Waals surface area (Å²) in [4.78, 5) is 15.9. The van der Waals surface area contributed by atoms with E-state index in [0.29, 0.717) is 23.5 Å². The largest absolute Gasteiger partial charge is 0.317 e. The standard InChI is InChI=1S/C20H30N4O3S2/c1-23(29(2,26)27)15-8-11-24(12-9-15)13-10-19(25)22-20-17(14-21)16-6-4-3-5-7-18(16)28-20/h15H,3-13H2,1-2H3,(H,22,25). The fraction of sp³-hybridized carbons (Fsp3) is 0.700. The Bertz CT molecular complexity index is 880. The fourth-order valence-corrected chi connectivity index (χ4v) is 6.18. The monoisotopic (exact) mass is 438 g/mol. The van der Waals surface area contributed by atoms with Crippen molar-refractivity contribution in [3.8, 4) is 6.07 Å². The van der Waals surface area contributed by atoms with Crippen LogP contribution in [0.5, 0.6) is 0 Å². The van der Waals surface area contributed by atoms with Crippen LogP contribution < -0.4 is 5.32 Å². The Morgan fingerprint density at radius 2 is 1.97 bits per heavy atom. The number of rotatable bonds is 6. The lowest BCUT2D eigenvalue weighted by Gasteiger charge is -2.35. The molecule has 1 fully saturated rings. The van der Waals surface area contributed by atoms with Crippen molar-refractivity contribution in [1.29, 1.82) is 5.26 Å². The molecule has 1 aliphatic carbocycles. The van der Waals surface area contributed by atoms with E-state index in [0.717, 1.165) is 57.2 Å². The second-order valence-corrected chi connectivity index (χ2v) is 11.2. The third-order valence-electron chi connectivity index (χ3n) is 6.04. The summed E-state index contributed by atoms with van der Waals surface area (Å²) in [7, 11) is -1.53. The zero-order chi connectivity index (χ0) is 21.0. The van der Waals surface area contributed by atoms with Crippen molar-refractivity contribution in [1.82, 2.24) is 9.21 Å². The van der Waals surface area contributed by atoms with Gasteiger partial charge < -0.3 is 10.2 Å². The van der Waals surface area contributed by atoms with E-state index >= 15 is 0 Å². The molecule has 0 bridgehead atoms. The Hall–Kier alpha value is -1.47. The number of anilines is 1. The molecule has 160 valence electrons. The van der Waals surface area contributed by atoms with Crippen LogP contribution in [0.1, 0.15) is 54.5 Å². The maximum atomic E-state index is 12.5. The molecule has 1 aliphatic heterocycles. The minimum atomic E-state index is -3.17. The van der Waals surface area contributed by atoms with Crippen molar-refractivity contribution in [3.05, 3.63) is 16.0 Å². The van der Waals surface area contributed by atoms with E-state index in [9.17, 15) is 18.5 Å². The lowest BCUT2D eigenvalue weighted by Crippen LogP contribution is -2.45. The summed E-state index contributed by atoms with van der Waals surface area (Å²) in [5.74, 6) is -0.0618. The highest BCUT2D eigenvalue weighted by molar-refractivity contribution is 7.88. The van der Waals surface area contributed by atoms with E-state index in [-0.39, 0.29) is 11.9 Å². The van der Waals surface area contributed by atoms with Gasteiger partial charge in [-0.3, -0.25) is 4.79 Å². The number of carbonyl (C=O) groups excluding carboxylic acids is 1. The average molecular weight is 439 g/mol. The highest BCUT2D eigenvalue weighted by Gasteiger charge is 2.27. The number of nitrogens with one attached hydrogen (secondary N) is 1. The molecule has 1 amide bonds. The van der Waals surface area contributed by atoms with Crippen LogP contribution in [0.4, 0.5) is 5.00 Å². The molecular formula is C20H30N4O3S2. The van der Waals surface area contributed by atoms with Crippen LogP contribution in [-0.2, 0) is 27.7 Å². The molecule has 0 unspecified atom stereocenters. The normalized spacial score (nSPS) is 18.8. The summed E-state index contributed by atoms with van der Waals surface area (Å²) in [5.41, 5.74) is 1.80. The summed E-state index contributed by atoms with van der Waals surface area (Å²) in [6.07, 6.45) is 8.56. The summed E-state index contributed by atoms with van der Waals surface area (Å²) in [5, 5.41) is 13.3. The number of piperidine rings is 1. The summed E-state index contributed by atoms with van der Waals surface area (Å²) < 4.78 is 24.8. The highest BCUT2D eigenvalue weighted by atomic mass is 32.2. The lowest BCUT2D eigenvalue weighted by atomic mass is 10.1. The number of hydrogen-bond donors (Lipinski definition) is 1. The number of carbonyl (C=O) groups is 1. The Morgan fingerprint density at radius 3 is 2.62 bits per heavy atom. The quantitative estimate of drug-likeness (QED) is 0.689. The van der Waals surface area contributed by atoms with Crippen LogP contribution in [0.25, 0.3) is 0 Å². The number of hydrogen-bond acceptors (Lipinski definition) is 6. The van der Waals surface area contributed by atoms with Crippen LogP contribution in [0, 0.1) is 11.3 Å². The SMILES string of the molecule is CN(C1CCN(CCC(=O)Nc2sc3c(c2C#N)CCCCC3)CC1)S(C)(=O)=O. The molecule has 7 nitrogen and oxygen atoms in total. The van der Waals surface area contributed by atoms with E-state index in [1.54, 1.807) is 18.4 Å². The molecule has 1 aromatic heterocycles. The van der Waals surface area contributed by atoms with Gasteiger partial charge in [0.05, 0.1) is 11.8 Å². The Balaban J connectivity index is 1.50. The molecule has 3 rings (SSSR count). The third kappa shape index (κ3) is 5.57. The molecule has 0 spiro atoms. The summed E-state index contributed by atoms with van der Waals surface area (Å²) in [6.45, 7) is 2.22. The zero-order valence-corrected chi connectivity index (χ0v) is 18.9. The van der Waals surface area contributed by atoms with E-state index in [2.05, 4.69) is 16.3 Å². The topological polar surface area (TPSA) is 93.5 Å². The van der Waals surface area contributed by atoms with Gasteiger partial charge in [-0.15, -0.1) is 11.3 Å². The molecular weight excluding hydrogens is 408 g/mol. The van der Waals surface area contributed by atoms with Crippen molar-refractivity contribution in [2.75, 3.05) is 38.3 Å². The van der Waals surface area contributed by atoms with Crippen molar-refractivity contribution in [2.45, 2.75) is 57.4 Å². The van der Waals surface area contributed by atoms with E-state index in [1.165, 1.54) is 21.9 Å². The number of sulfonamides is 1. The molecule has 2 aliphatic rings. The van der Waals surface area contributed by atoms with Gasteiger partial charge in [0.15, 0.2) is 0 Å². The summed E-state index contributed by atoms with van der Waals surface area (Å²) >= 11 is 1.56. The van der Waals surface area contributed by atoms with Gasteiger partial charge >= 0.3 is 0 Å². The molecule has 0 atom stereocenters. The maximum absolute atomic E-state index is 12.5. The molecule has 9 heteroatoms. The van der Waals surface area contributed by atoms with Crippen molar-refractivity contribution in [2.24, 2.45) is 0 Å². The number of amides is 1. The van der Waals surface area contributed by atoms with Gasteiger partial charge in [-0.1, -0.05) is 6.42 Å². The predicted molar refractivity (Wildman–Crippen MR) is 116 cm³/mol. The lowest BCUT2D eigenvalue weighted by molar-refractivity contribution is -0.116. The van der Waals surface area contributed by atoms with Crippen LogP contribution in [0.3, 0.4) is 0 Å². The van der Waals surface area contributed by atoms with Crippen LogP contribution >= 0.6 is 11.3 Å². The molecule has 29 heavy (non-hydrogen) atoms. The Morgan fingerprint density at radius 1 is 1.28 bits per heavy atom. The zero-order valence-electron chi connectivity index (χ0n) is 17.2. The smallest absolute Gasteiger partial charge is 0.226 e. The molecule has 0 saturated carbocycles. The minimum Gasteiger partial charge on any atom is -0.317 e. The molecule has 1 saturated heterocycles. The van der Waals surface area contributed by atoms with Crippen LogP contribution in [0.2, 0.25) is 0 Å². The first-order valence-electron chi connectivity index (χ1n) is 10.3. The molecule has 2 heterocycles. The first kappa shape index (κ1) is 22.2. The molecule has 0 radical (unpaired) electrons. The van der Waals surface area contributed by atoms with Crippen molar-refractivity contribution < 1.29 is 13.2 Å². The molecule has 1 aromatic rings. The second-order valence-electron chi connectivity index (χ2n) is 8.03. The van der Waals surface area contributed by atoms with Crippen molar-refractivity contribution in [3.63, 3.8) is 0 Å². The van der Waals surface area contributed by atoms with Gasteiger partial charge in [0.25, 0.3) is 0 Å².